The molecule has 5 heterocycles. The third kappa shape index (κ3) is 3.93. The number of aromatic amines is 1. The van der Waals surface area contributed by atoms with E-state index in [-0.39, 0.29) is 28.2 Å². The van der Waals surface area contributed by atoms with Gasteiger partial charge in [-0.1, -0.05) is 11.6 Å². The van der Waals surface area contributed by atoms with E-state index < -0.39 is 23.4 Å². The molecule has 2 aliphatic heterocycles. The van der Waals surface area contributed by atoms with Crippen molar-refractivity contribution in [3.63, 3.8) is 0 Å². The minimum Gasteiger partial charge on any atom is -0.384 e. The molecular formula is C26H21ClF2N8O2. The van der Waals surface area contributed by atoms with Crippen LogP contribution in [0.4, 0.5) is 8.78 Å². The van der Waals surface area contributed by atoms with Crippen molar-refractivity contribution in [2.45, 2.75) is 49.8 Å². The number of hydrogen-bond acceptors (Lipinski definition) is 7. The predicted molar refractivity (Wildman–Crippen MR) is 134 cm³/mol. The van der Waals surface area contributed by atoms with Gasteiger partial charge in [0.25, 0.3) is 0 Å². The number of tetrazole rings is 1. The lowest BCUT2D eigenvalue weighted by Crippen LogP contribution is -2.39. The molecule has 1 saturated carbocycles. The summed E-state index contributed by atoms with van der Waals surface area (Å²) in [7, 11) is 0. The van der Waals surface area contributed by atoms with Crippen LogP contribution in [0.2, 0.25) is 5.02 Å². The molecule has 10 nitrogen and oxygen atoms in total. The summed E-state index contributed by atoms with van der Waals surface area (Å²) >= 11 is 6.10. The van der Waals surface area contributed by atoms with Gasteiger partial charge < -0.3 is 15.0 Å². The maximum Gasteiger partial charge on any atom is 0.247 e. The fraction of sp³-hybridized carbons (Fsp3) is 0.308. The second kappa shape index (κ2) is 8.75. The number of nitrogens with zero attached hydrogens (tertiary/aromatic N) is 7. The number of aliphatic hydroxyl groups is 1. The highest BCUT2D eigenvalue weighted by Crippen LogP contribution is 2.46. The van der Waals surface area contributed by atoms with E-state index in [1.165, 1.54) is 29.3 Å². The lowest BCUT2D eigenvalue weighted by molar-refractivity contribution is -0.129. The van der Waals surface area contributed by atoms with Crippen LogP contribution in [0.15, 0.2) is 42.9 Å². The molecule has 7 rings (SSSR count). The van der Waals surface area contributed by atoms with Crippen molar-refractivity contribution in [3.8, 4) is 16.9 Å². The summed E-state index contributed by atoms with van der Waals surface area (Å²) in [5.41, 5.74) is 1.16. The van der Waals surface area contributed by atoms with Crippen molar-refractivity contribution in [1.82, 2.24) is 40.1 Å². The Bertz CT molecular complexity index is 1650. The Kier molecular flexibility index (Phi) is 5.39. The van der Waals surface area contributed by atoms with E-state index >= 15 is 8.78 Å². The normalized spacial score (nSPS) is 21.7. The van der Waals surface area contributed by atoms with Crippen molar-refractivity contribution >= 4 is 23.1 Å². The van der Waals surface area contributed by atoms with Gasteiger partial charge in [0, 0.05) is 29.4 Å². The van der Waals surface area contributed by atoms with Gasteiger partial charge in [0.2, 0.25) is 11.9 Å². The van der Waals surface area contributed by atoms with Crippen molar-refractivity contribution in [3.05, 3.63) is 76.7 Å². The molecule has 0 bridgehead atoms. The van der Waals surface area contributed by atoms with E-state index in [1.54, 1.807) is 23.1 Å². The number of halogens is 3. The zero-order chi connectivity index (χ0) is 26.9. The highest BCUT2D eigenvalue weighted by atomic mass is 35.5. The Morgan fingerprint density at radius 2 is 2.03 bits per heavy atom. The van der Waals surface area contributed by atoms with Crippen LogP contribution in [0.5, 0.6) is 0 Å². The third-order valence-corrected chi connectivity index (χ3v) is 8.02. The van der Waals surface area contributed by atoms with E-state index in [2.05, 4.69) is 30.5 Å². The summed E-state index contributed by atoms with van der Waals surface area (Å²) in [5, 5.41) is 21.4. The molecule has 1 saturated heterocycles. The first-order valence-electron chi connectivity index (χ1n) is 12.5. The number of benzene rings is 1. The van der Waals surface area contributed by atoms with Crippen LogP contribution in [-0.4, -0.2) is 57.1 Å². The monoisotopic (exact) mass is 550 g/mol. The fourth-order valence-electron chi connectivity index (χ4n) is 5.63. The topological polar surface area (TPSA) is 126 Å². The van der Waals surface area contributed by atoms with Gasteiger partial charge in [-0.3, -0.25) is 9.78 Å². The number of imidazole rings is 1. The Morgan fingerprint density at radius 1 is 1.18 bits per heavy atom. The minimum atomic E-state index is -0.957. The summed E-state index contributed by atoms with van der Waals surface area (Å²) in [6.45, 7) is 0. The van der Waals surface area contributed by atoms with Gasteiger partial charge in [-0.15, -0.1) is 5.10 Å². The summed E-state index contributed by atoms with van der Waals surface area (Å²) in [6.07, 6.45) is 7.05. The molecule has 3 aromatic heterocycles. The SMILES string of the molecule is O=C1C=C(c2c(-n3cnnn3)ccc(Cl)c2F)C[C@H]2CCC(c3nc(-c4ccnc(C5(O)CC5)c4)c(F)[nH]3)N12. The van der Waals surface area contributed by atoms with E-state index in [1.807, 2.05) is 0 Å². The van der Waals surface area contributed by atoms with Crippen molar-refractivity contribution in [2.75, 3.05) is 0 Å². The maximum absolute atomic E-state index is 15.3. The predicted octanol–water partition coefficient (Wildman–Crippen LogP) is 3.88. The first kappa shape index (κ1) is 24.0. The molecular weight excluding hydrogens is 530 g/mol. The molecule has 1 aromatic carbocycles. The number of pyridine rings is 1. The van der Waals surface area contributed by atoms with Crippen molar-refractivity contribution in [2.24, 2.45) is 0 Å². The smallest absolute Gasteiger partial charge is 0.247 e. The number of hydrogen-bond donors (Lipinski definition) is 2. The molecule has 1 amide bonds. The van der Waals surface area contributed by atoms with Gasteiger partial charge >= 0.3 is 0 Å². The number of amides is 1. The summed E-state index contributed by atoms with van der Waals surface area (Å²) < 4.78 is 31.7. The average molecular weight is 551 g/mol. The Balaban J connectivity index is 1.21. The molecule has 1 aliphatic carbocycles. The van der Waals surface area contributed by atoms with Gasteiger partial charge in [-0.2, -0.15) is 9.07 Å². The van der Waals surface area contributed by atoms with Crippen molar-refractivity contribution in [1.29, 1.82) is 0 Å². The number of carbonyl (C=O) groups is 1. The molecule has 4 aromatic rings. The van der Waals surface area contributed by atoms with Gasteiger partial charge in [-0.05, 0) is 72.4 Å². The molecule has 3 aliphatic rings. The summed E-state index contributed by atoms with van der Waals surface area (Å²) in [4.78, 5) is 26.6. The number of rotatable bonds is 5. The third-order valence-electron chi connectivity index (χ3n) is 7.73. The molecule has 0 radical (unpaired) electrons. The van der Waals surface area contributed by atoms with E-state index in [0.29, 0.717) is 60.4 Å². The number of aromatic nitrogens is 7. The molecule has 39 heavy (non-hydrogen) atoms. The van der Waals surface area contributed by atoms with Gasteiger partial charge in [-0.25, -0.2) is 9.37 Å². The molecule has 2 fully saturated rings. The van der Waals surface area contributed by atoms with Crippen LogP contribution >= 0.6 is 11.6 Å². The zero-order valence-electron chi connectivity index (χ0n) is 20.4. The van der Waals surface area contributed by atoms with Crippen molar-refractivity contribution < 1.29 is 18.7 Å². The van der Waals surface area contributed by atoms with Crippen LogP contribution in [-0.2, 0) is 10.4 Å². The van der Waals surface area contributed by atoms with Crippen LogP contribution in [0, 0.1) is 11.8 Å². The zero-order valence-corrected chi connectivity index (χ0v) is 21.1. The lowest BCUT2D eigenvalue weighted by atomic mass is 9.92. The first-order chi connectivity index (χ1) is 18.8. The van der Waals surface area contributed by atoms with Gasteiger partial charge in [0.05, 0.1) is 22.4 Å². The fourth-order valence-corrected chi connectivity index (χ4v) is 5.79. The Hall–Kier alpha value is -4.03. The molecule has 198 valence electrons. The van der Waals surface area contributed by atoms with Crippen LogP contribution in [0.3, 0.4) is 0 Å². The Morgan fingerprint density at radius 3 is 2.79 bits per heavy atom. The minimum absolute atomic E-state index is 0.0754. The lowest BCUT2D eigenvalue weighted by Gasteiger charge is -2.33. The molecule has 2 N–H and O–H groups in total. The number of fused-ring (bicyclic) bond motifs is 1. The molecule has 2 atom stereocenters. The summed E-state index contributed by atoms with van der Waals surface area (Å²) in [5.74, 6) is -1.27. The van der Waals surface area contributed by atoms with E-state index in [4.69, 9.17) is 11.6 Å². The van der Waals surface area contributed by atoms with Gasteiger partial charge in [0.15, 0.2) is 5.82 Å². The number of nitrogens with one attached hydrogen (secondary N) is 1. The second-order valence-corrected chi connectivity index (χ2v) is 10.5. The molecule has 1 unspecified atom stereocenters. The number of H-pyrrole nitrogens is 1. The highest BCUT2D eigenvalue weighted by Gasteiger charge is 2.44. The van der Waals surface area contributed by atoms with Crippen LogP contribution < -0.4 is 0 Å². The average Bonchev–Trinajstić information content (AvgIpc) is 3.31. The number of carbonyl (C=O) groups excluding carboxylic acids is 1. The van der Waals surface area contributed by atoms with Crippen LogP contribution in [0.1, 0.15) is 55.2 Å². The first-order valence-corrected chi connectivity index (χ1v) is 12.9. The molecule has 0 spiro atoms. The summed E-state index contributed by atoms with van der Waals surface area (Å²) in [6, 6.07) is 5.59. The highest BCUT2D eigenvalue weighted by molar-refractivity contribution is 6.31. The molecule has 13 heteroatoms. The standard InChI is InChI=1S/C26H21ClF2N8O2/c27-16-2-4-17(36-12-31-34-35-36)21(22(16)28)14-9-15-1-3-18(37(15)20(38)11-14)25-32-23(24(29)33-25)13-5-8-30-19(10-13)26(39)6-7-26/h2,4-5,8,10-12,15,18,39H,1,3,6-7,9H2,(H,32,33)/t15-,18?/m1/s1. The van der Waals surface area contributed by atoms with Gasteiger partial charge in [0.1, 0.15) is 23.4 Å². The second-order valence-electron chi connectivity index (χ2n) is 10.1. The quantitative estimate of drug-likeness (QED) is 0.386. The van der Waals surface area contributed by atoms with Crippen LogP contribution in [0.25, 0.3) is 22.5 Å². The van der Waals surface area contributed by atoms with E-state index in [9.17, 15) is 9.90 Å². The van der Waals surface area contributed by atoms with E-state index in [0.717, 1.165) is 0 Å². The largest absolute Gasteiger partial charge is 0.384 e. The maximum atomic E-state index is 15.3. The Labute approximate surface area is 225 Å².